The summed E-state index contributed by atoms with van der Waals surface area (Å²) >= 11 is 3.33. The first-order chi connectivity index (χ1) is 8.31. The van der Waals surface area contributed by atoms with Gasteiger partial charge in [-0.05, 0) is 40.9 Å². The van der Waals surface area contributed by atoms with Crippen LogP contribution in [0.1, 0.15) is 18.7 Å². The quantitative estimate of drug-likeness (QED) is 0.936. The van der Waals surface area contributed by atoms with Gasteiger partial charge in [-0.25, -0.2) is 4.98 Å². The lowest BCUT2D eigenvalue weighted by atomic mass is 10.3. The summed E-state index contributed by atoms with van der Waals surface area (Å²) in [4.78, 5) is 4.21. The first-order valence-corrected chi connectivity index (χ1v) is 6.28. The van der Waals surface area contributed by atoms with E-state index in [1.165, 1.54) is 12.8 Å². The molecule has 1 saturated carbocycles. The van der Waals surface area contributed by atoms with E-state index in [-0.39, 0.29) is 0 Å². The van der Waals surface area contributed by atoms with Crippen LogP contribution >= 0.6 is 15.9 Å². The summed E-state index contributed by atoms with van der Waals surface area (Å²) in [5, 5.41) is 11.3. The highest BCUT2D eigenvalue weighted by atomic mass is 79.9. The zero-order chi connectivity index (χ0) is 11.7. The highest BCUT2D eigenvalue weighted by Gasteiger charge is 2.21. The summed E-state index contributed by atoms with van der Waals surface area (Å²) in [6.07, 6.45) is 4.20. The van der Waals surface area contributed by atoms with Gasteiger partial charge in [0.15, 0.2) is 0 Å². The van der Waals surface area contributed by atoms with Crippen LogP contribution in [0.3, 0.4) is 0 Å². The molecule has 2 aromatic heterocycles. The summed E-state index contributed by atoms with van der Waals surface area (Å²) in [5.41, 5.74) is 0.693. The van der Waals surface area contributed by atoms with E-state index in [0.717, 1.165) is 4.47 Å². The zero-order valence-electron chi connectivity index (χ0n) is 9.06. The van der Waals surface area contributed by atoms with Crippen molar-refractivity contribution in [2.45, 2.75) is 25.4 Å². The van der Waals surface area contributed by atoms with Crippen molar-refractivity contribution in [3.63, 3.8) is 0 Å². The number of nitrogens with zero attached hydrogens (tertiary/aromatic N) is 3. The Hall–Kier alpha value is -1.27. The van der Waals surface area contributed by atoms with Crippen molar-refractivity contribution in [3.05, 3.63) is 28.7 Å². The molecule has 0 amide bonds. The van der Waals surface area contributed by atoms with Crippen molar-refractivity contribution in [1.82, 2.24) is 20.5 Å². The molecule has 6 heteroatoms. The fraction of sp³-hybridized carbons (Fsp3) is 0.364. The van der Waals surface area contributed by atoms with Gasteiger partial charge >= 0.3 is 0 Å². The van der Waals surface area contributed by atoms with Crippen molar-refractivity contribution >= 4 is 15.9 Å². The van der Waals surface area contributed by atoms with Gasteiger partial charge in [-0.15, -0.1) is 10.2 Å². The SMILES string of the molecule is Brc1ccc(-c2nnc(CNC3CC3)o2)nc1. The van der Waals surface area contributed by atoms with Crippen LogP contribution in [0, 0.1) is 0 Å². The van der Waals surface area contributed by atoms with Crippen molar-refractivity contribution in [2.24, 2.45) is 0 Å². The smallest absolute Gasteiger partial charge is 0.266 e. The molecule has 1 aliphatic rings. The summed E-state index contributed by atoms with van der Waals surface area (Å²) < 4.78 is 6.45. The Labute approximate surface area is 107 Å². The number of hydrogen-bond acceptors (Lipinski definition) is 5. The molecule has 0 aromatic carbocycles. The molecular weight excluding hydrogens is 284 g/mol. The van der Waals surface area contributed by atoms with Crippen LogP contribution < -0.4 is 5.32 Å². The average molecular weight is 295 g/mol. The van der Waals surface area contributed by atoms with Gasteiger partial charge in [0.1, 0.15) is 5.69 Å². The van der Waals surface area contributed by atoms with E-state index in [4.69, 9.17) is 4.42 Å². The van der Waals surface area contributed by atoms with Crippen molar-refractivity contribution in [2.75, 3.05) is 0 Å². The Bertz CT molecular complexity index is 506. The van der Waals surface area contributed by atoms with Crippen molar-refractivity contribution in [3.8, 4) is 11.6 Å². The van der Waals surface area contributed by atoms with Crippen LogP contribution in [0.5, 0.6) is 0 Å². The van der Waals surface area contributed by atoms with Crippen LogP contribution in [0.15, 0.2) is 27.2 Å². The lowest BCUT2D eigenvalue weighted by Gasteiger charge is -1.96. The molecule has 17 heavy (non-hydrogen) atoms. The van der Waals surface area contributed by atoms with Gasteiger partial charge in [-0.1, -0.05) is 0 Å². The Morgan fingerprint density at radius 3 is 2.94 bits per heavy atom. The summed E-state index contributed by atoms with van der Waals surface area (Å²) in [6.45, 7) is 0.633. The van der Waals surface area contributed by atoms with Crippen LogP contribution in [0.2, 0.25) is 0 Å². The minimum absolute atomic E-state index is 0.463. The molecule has 0 spiro atoms. The standard InChI is InChI=1S/C11H11BrN4O/c12-7-1-4-9(14-5-7)11-16-15-10(17-11)6-13-8-2-3-8/h1,4-5,8,13H,2-3,6H2. The first-order valence-electron chi connectivity index (χ1n) is 5.49. The van der Waals surface area contributed by atoms with Gasteiger partial charge in [0.2, 0.25) is 5.89 Å². The second-order valence-electron chi connectivity index (χ2n) is 4.02. The van der Waals surface area contributed by atoms with Crippen molar-refractivity contribution in [1.29, 1.82) is 0 Å². The molecule has 0 atom stereocenters. The zero-order valence-corrected chi connectivity index (χ0v) is 10.6. The molecular formula is C11H11BrN4O. The number of aromatic nitrogens is 3. The van der Waals surface area contributed by atoms with E-state index in [9.17, 15) is 0 Å². The second-order valence-corrected chi connectivity index (χ2v) is 4.93. The van der Waals surface area contributed by atoms with Gasteiger partial charge in [0, 0.05) is 16.7 Å². The van der Waals surface area contributed by atoms with E-state index >= 15 is 0 Å². The number of hydrogen-bond donors (Lipinski definition) is 1. The molecule has 0 unspecified atom stereocenters. The molecule has 1 N–H and O–H groups in total. The van der Waals surface area contributed by atoms with E-state index < -0.39 is 0 Å². The fourth-order valence-corrected chi connectivity index (χ4v) is 1.68. The maximum absolute atomic E-state index is 5.53. The summed E-state index contributed by atoms with van der Waals surface area (Å²) in [7, 11) is 0. The molecule has 3 rings (SSSR count). The number of nitrogens with one attached hydrogen (secondary N) is 1. The highest BCUT2D eigenvalue weighted by molar-refractivity contribution is 9.10. The maximum Gasteiger partial charge on any atom is 0.266 e. The minimum atomic E-state index is 0.463. The third-order valence-electron chi connectivity index (χ3n) is 2.53. The Morgan fingerprint density at radius 2 is 2.24 bits per heavy atom. The number of pyridine rings is 1. The van der Waals surface area contributed by atoms with Gasteiger partial charge < -0.3 is 9.73 Å². The third-order valence-corrected chi connectivity index (χ3v) is 3.00. The molecule has 0 radical (unpaired) electrons. The summed E-state index contributed by atoms with van der Waals surface area (Å²) in [5.74, 6) is 1.07. The molecule has 1 fully saturated rings. The largest absolute Gasteiger partial charge is 0.418 e. The van der Waals surface area contributed by atoms with Gasteiger partial charge in [0.05, 0.1) is 6.54 Å². The van der Waals surface area contributed by atoms with E-state index in [2.05, 4.69) is 36.4 Å². The maximum atomic E-state index is 5.53. The average Bonchev–Trinajstić information content (AvgIpc) is 3.06. The van der Waals surface area contributed by atoms with Gasteiger partial charge in [0.25, 0.3) is 5.89 Å². The van der Waals surface area contributed by atoms with Crippen LogP contribution in [0.4, 0.5) is 0 Å². The third kappa shape index (κ3) is 2.70. The van der Waals surface area contributed by atoms with Gasteiger partial charge in [-0.3, -0.25) is 0 Å². The molecule has 0 aliphatic heterocycles. The predicted molar refractivity (Wildman–Crippen MR) is 65.1 cm³/mol. The molecule has 2 aromatic rings. The van der Waals surface area contributed by atoms with Crippen LogP contribution in [-0.4, -0.2) is 21.2 Å². The highest BCUT2D eigenvalue weighted by Crippen LogP contribution is 2.20. The topological polar surface area (TPSA) is 63.8 Å². The Kier molecular flexibility index (Phi) is 2.90. The molecule has 5 nitrogen and oxygen atoms in total. The molecule has 0 bridgehead atoms. The molecule has 1 aliphatic carbocycles. The van der Waals surface area contributed by atoms with Gasteiger partial charge in [-0.2, -0.15) is 0 Å². The normalized spacial score (nSPS) is 15.1. The summed E-state index contributed by atoms with van der Waals surface area (Å²) in [6, 6.07) is 4.38. The molecule has 2 heterocycles. The monoisotopic (exact) mass is 294 g/mol. The molecule has 0 saturated heterocycles. The fourth-order valence-electron chi connectivity index (χ4n) is 1.45. The Balaban J connectivity index is 1.72. The lowest BCUT2D eigenvalue weighted by molar-refractivity contribution is 0.475. The van der Waals surface area contributed by atoms with E-state index in [1.807, 2.05) is 12.1 Å². The number of rotatable bonds is 4. The van der Waals surface area contributed by atoms with E-state index in [1.54, 1.807) is 6.20 Å². The second kappa shape index (κ2) is 4.54. The first kappa shape index (κ1) is 10.9. The lowest BCUT2D eigenvalue weighted by Crippen LogP contribution is -2.15. The number of halogens is 1. The Morgan fingerprint density at radius 1 is 1.35 bits per heavy atom. The van der Waals surface area contributed by atoms with Crippen LogP contribution in [-0.2, 0) is 6.54 Å². The van der Waals surface area contributed by atoms with Crippen molar-refractivity contribution < 1.29 is 4.42 Å². The predicted octanol–water partition coefficient (Wildman–Crippen LogP) is 2.15. The van der Waals surface area contributed by atoms with Crippen LogP contribution in [0.25, 0.3) is 11.6 Å². The molecule has 88 valence electrons. The van der Waals surface area contributed by atoms with E-state index in [0.29, 0.717) is 30.1 Å². The minimum Gasteiger partial charge on any atom is -0.418 e.